The summed E-state index contributed by atoms with van der Waals surface area (Å²) in [5.41, 5.74) is -1.21. The van der Waals surface area contributed by atoms with Gasteiger partial charge in [-0.3, -0.25) is 0 Å². The molecule has 2 atom stereocenters. The molecule has 2 amide bonds. The van der Waals surface area contributed by atoms with Crippen molar-refractivity contribution in [1.82, 2.24) is 10.2 Å². The minimum Gasteiger partial charge on any atom is -0.444 e. The number of hydrogen-bond acceptors (Lipinski definition) is 5. The molecule has 1 saturated heterocycles. The lowest BCUT2D eigenvalue weighted by molar-refractivity contribution is 0.0268. The number of rotatable bonds is 1. The minimum atomic E-state index is -0.843. The Morgan fingerprint density at radius 2 is 1.57 bits per heavy atom. The Labute approximate surface area is 125 Å². The summed E-state index contributed by atoms with van der Waals surface area (Å²) in [5.74, 6) is 0. The predicted octanol–water partition coefficient (Wildman–Crippen LogP) is 1.49. The number of ether oxygens (including phenoxy) is 2. The van der Waals surface area contributed by atoms with Gasteiger partial charge < -0.3 is 24.8 Å². The zero-order chi connectivity index (χ0) is 16.4. The van der Waals surface area contributed by atoms with Gasteiger partial charge in [0, 0.05) is 6.54 Å². The quantitative estimate of drug-likeness (QED) is 0.766. The molecule has 0 aromatic rings. The van der Waals surface area contributed by atoms with Crippen LogP contribution in [0.5, 0.6) is 0 Å². The molecule has 1 aliphatic rings. The summed E-state index contributed by atoms with van der Waals surface area (Å²) in [6, 6.07) is -0.563. The van der Waals surface area contributed by atoms with E-state index < -0.39 is 35.5 Å². The van der Waals surface area contributed by atoms with Gasteiger partial charge in [0.1, 0.15) is 11.2 Å². The maximum Gasteiger partial charge on any atom is 0.410 e. The van der Waals surface area contributed by atoms with Crippen LogP contribution >= 0.6 is 0 Å². The van der Waals surface area contributed by atoms with Crippen LogP contribution in [0.15, 0.2) is 0 Å². The Kier molecular flexibility index (Phi) is 5.09. The van der Waals surface area contributed by atoms with Crippen LogP contribution in [0.3, 0.4) is 0 Å². The fourth-order valence-electron chi connectivity index (χ4n) is 1.86. The normalized spacial score (nSPS) is 22.9. The van der Waals surface area contributed by atoms with Gasteiger partial charge in [0.05, 0.1) is 18.7 Å². The van der Waals surface area contributed by atoms with Gasteiger partial charge in [-0.1, -0.05) is 0 Å². The Morgan fingerprint density at radius 3 is 2.05 bits per heavy atom. The summed E-state index contributed by atoms with van der Waals surface area (Å²) in [7, 11) is 0. The number of amides is 2. The SMILES string of the molecule is CC(C)(C)OC(=O)N[C@H]1CN(C(=O)OC(C)(C)C)C[C@H]1O. The standard InChI is InChI=1S/C14H26N2O5/c1-13(2,3)20-11(18)15-9-7-16(8-10(9)17)12(19)21-14(4,5)6/h9-10,17H,7-8H2,1-6H3,(H,15,18)/t9-,10+/m0/s1. The van der Waals surface area contributed by atoms with Crippen LogP contribution in [0.1, 0.15) is 41.5 Å². The highest BCUT2D eigenvalue weighted by atomic mass is 16.6. The van der Waals surface area contributed by atoms with Crippen molar-refractivity contribution < 1.29 is 24.2 Å². The monoisotopic (exact) mass is 302 g/mol. The topological polar surface area (TPSA) is 88.1 Å². The lowest BCUT2D eigenvalue weighted by Gasteiger charge is -2.24. The second-order valence-corrected chi connectivity index (χ2v) is 7.21. The van der Waals surface area contributed by atoms with Crippen LogP contribution in [-0.4, -0.2) is 58.6 Å². The van der Waals surface area contributed by atoms with Gasteiger partial charge in [-0.15, -0.1) is 0 Å². The number of hydrogen-bond donors (Lipinski definition) is 2. The number of carbonyl (C=O) groups is 2. The summed E-state index contributed by atoms with van der Waals surface area (Å²) in [5, 5.41) is 12.5. The molecule has 0 saturated carbocycles. The molecule has 0 aliphatic carbocycles. The first-order valence-corrected chi connectivity index (χ1v) is 7.03. The van der Waals surface area contributed by atoms with Crippen molar-refractivity contribution in [2.45, 2.75) is 64.9 Å². The van der Waals surface area contributed by atoms with E-state index in [0.717, 1.165) is 0 Å². The Bertz CT molecular complexity index is 397. The van der Waals surface area contributed by atoms with Crippen molar-refractivity contribution in [2.75, 3.05) is 13.1 Å². The van der Waals surface area contributed by atoms with Crippen molar-refractivity contribution in [3.63, 3.8) is 0 Å². The van der Waals surface area contributed by atoms with Crippen molar-refractivity contribution in [3.8, 4) is 0 Å². The summed E-state index contributed by atoms with van der Waals surface area (Å²) < 4.78 is 10.4. The highest BCUT2D eigenvalue weighted by Crippen LogP contribution is 2.16. The molecular weight excluding hydrogens is 276 g/mol. The van der Waals surface area contributed by atoms with Crippen LogP contribution in [0.2, 0.25) is 0 Å². The average molecular weight is 302 g/mol. The van der Waals surface area contributed by atoms with E-state index in [1.807, 2.05) is 0 Å². The number of aliphatic hydroxyl groups excluding tert-OH is 1. The van der Waals surface area contributed by atoms with Crippen LogP contribution in [-0.2, 0) is 9.47 Å². The Balaban J connectivity index is 2.53. The van der Waals surface area contributed by atoms with Crippen molar-refractivity contribution in [2.24, 2.45) is 0 Å². The van der Waals surface area contributed by atoms with E-state index in [1.54, 1.807) is 41.5 Å². The molecular formula is C14H26N2O5. The maximum atomic E-state index is 11.9. The van der Waals surface area contributed by atoms with Gasteiger partial charge in [0.15, 0.2) is 0 Å². The lowest BCUT2D eigenvalue weighted by atomic mass is 10.2. The van der Waals surface area contributed by atoms with Crippen LogP contribution in [0, 0.1) is 0 Å². The number of alkyl carbamates (subject to hydrolysis) is 1. The van der Waals surface area contributed by atoms with Gasteiger partial charge in [0.25, 0.3) is 0 Å². The molecule has 0 bridgehead atoms. The maximum absolute atomic E-state index is 11.9. The zero-order valence-electron chi connectivity index (χ0n) is 13.6. The predicted molar refractivity (Wildman–Crippen MR) is 77.0 cm³/mol. The summed E-state index contributed by atoms with van der Waals surface area (Å²) in [6.45, 7) is 10.9. The Morgan fingerprint density at radius 1 is 1.05 bits per heavy atom. The van der Waals surface area contributed by atoms with Gasteiger partial charge >= 0.3 is 12.2 Å². The van der Waals surface area contributed by atoms with E-state index in [1.165, 1.54) is 4.90 Å². The molecule has 7 heteroatoms. The largest absolute Gasteiger partial charge is 0.444 e. The average Bonchev–Trinajstić information content (AvgIpc) is 2.54. The smallest absolute Gasteiger partial charge is 0.410 e. The molecule has 2 N–H and O–H groups in total. The molecule has 0 aromatic carbocycles. The molecule has 0 aromatic heterocycles. The van der Waals surface area contributed by atoms with Crippen molar-refractivity contribution >= 4 is 12.2 Å². The second-order valence-electron chi connectivity index (χ2n) is 7.21. The fourth-order valence-corrected chi connectivity index (χ4v) is 1.86. The first-order chi connectivity index (χ1) is 9.37. The van der Waals surface area contributed by atoms with E-state index in [-0.39, 0.29) is 13.1 Å². The molecule has 0 radical (unpaired) electrons. The highest BCUT2D eigenvalue weighted by molar-refractivity contribution is 5.70. The third kappa shape index (κ3) is 6.20. The van der Waals surface area contributed by atoms with E-state index in [2.05, 4.69) is 5.32 Å². The minimum absolute atomic E-state index is 0.120. The number of nitrogens with one attached hydrogen (secondary N) is 1. The van der Waals surface area contributed by atoms with Gasteiger partial charge in [-0.2, -0.15) is 0 Å². The van der Waals surface area contributed by atoms with Gasteiger partial charge in [-0.05, 0) is 41.5 Å². The summed E-state index contributed by atoms with van der Waals surface area (Å²) in [6.07, 6.45) is -1.96. The van der Waals surface area contributed by atoms with Crippen molar-refractivity contribution in [3.05, 3.63) is 0 Å². The number of nitrogens with zero attached hydrogens (tertiary/aromatic N) is 1. The molecule has 0 spiro atoms. The molecule has 1 fully saturated rings. The Hall–Kier alpha value is -1.50. The summed E-state index contributed by atoms with van der Waals surface area (Å²) in [4.78, 5) is 25.0. The van der Waals surface area contributed by atoms with Gasteiger partial charge in [0.2, 0.25) is 0 Å². The molecule has 122 valence electrons. The molecule has 1 rings (SSSR count). The number of likely N-dealkylation sites (tertiary alicyclic amines) is 1. The molecule has 1 heterocycles. The van der Waals surface area contributed by atoms with Crippen molar-refractivity contribution in [1.29, 1.82) is 0 Å². The lowest BCUT2D eigenvalue weighted by Crippen LogP contribution is -2.45. The van der Waals surface area contributed by atoms with Crippen LogP contribution in [0.25, 0.3) is 0 Å². The van der Waals surface area contributed by atoms with Crippen LogP contribution in [0.4, 0.5) is 9.59 Å². The summed E-state index contributed by atoms with van der Waals surface area (Å²) >= 11 is 0. The molecule has 1 aliphatic heterocycles. The highest BCUT2D eigenvalue weighted by Gasteiger charge is 2.37. The number of carbonyl (C=O) groups excluding carboxylic acids is 2. The third-order valence-electron chi connectivity index (χ3n) is 2.64. The first kappa shape index (κ1) is 17.6. The van der Waals surface area contributed by atoms with Crippen LogP contribution < -0.4 is 5.32 Å². The second kappa shape index (κ2) is 6.09. The van der Waals surface area contributed by atoms with Gasteiger partial charge in [-0.25, -0.2) is 9.59 Å². The number of β-amino-alcohol motifs (C(OH)–C–C–N with tert-alkyl or cyclic N) is 1. The zero-order valence-corrected chi connectivity index (χ0v) is 13.6. The molecule has 21 heavy (non-hydrogen) atoms. The van der Waals surface area contributed by atoms with E-state index in [0.29, 0.717) is 0 Å². The molecule has 7 nitrogen and oxygen atoms in total. The number of aliphatic hydroxyl groups is 1. The third-order valence-corrected chi connectivity index (χ3v) is 2.64. The van der Waals surface area contributed by atoms with E-state index in [4.69, 9.17) is 9.47 Å². The van der Waals surface area contributed by atoms with E-state index in [9.17, 15) is 14.7 Å². The van der Waals surface area contributed by atoms with E-state index >= 15 is 0 Å². The fraction of sp³-hybridized carbons (Fsp3) is 0.857. The molecule has 0 unspecified atom stereocenters. The first-order valence-electron chi connectivity index (χ1n) is 7.03.